The Morgan fingerprint density at radius 3 is 2.80 bits per heavy atom. The molecule has 2 amide bonds. The predicted molar refractivity (Wildman–Crippen MR) is 98.3 cm³/mol. The quantitative estimate of drug-likeness (QED) is 0.745. The van der Waals surface area contributed by atoms with Gasteiger partial charge in [0.15, 0.2) is 0 Å². The van der Waals surface area contributed by atoms with Crippen LogP contribution in [0.4, 0.5) is 4.79 Å². The first-order valence-electron chi connectivity index (χ1n) is 8.81. The fourth-order valence-electron chi connectivity index (χ4n) is 3.41. The van der Waals surface area contributed by atoms with E-state index in [4.69, 9.17) is 0 Å². The number of amides is 2. The van der Waals surface area contributed by atoms with Crippen LogP contribution < -0.4 is 5.32 Å². The van der Waals surface area contributed by atoms with E-state index in [1.54, 1.807) is 0 Å². The van der Waals surface area contributed by atoms with Crippen molar-refractivity contribution in [3.63, 3.8) is 0 Å². The summed E-state index contributed by atoms with van der Waals surface area (Å²) in [6.07, 6.45) is 3.69. The van der Waals surface area contributed by atoms with Crippen LogP contribution in [-0.4, -0.2) is 33.6 Å². The van der Waals surface area contributed by atoms with Gasteiger partial charge >= 0.3 is 6.03 Å². The number of benzene rings is 2. The van der Waals surface area contributed by atoms with Gasteiger partial charge in [-0.25, -0.2) is 9.78 Å². The number of para-hydroxylation sites is 2. The normalized spacial score (nSPS) is 13.7. The van der Waals surface area contributed by atoms with E-state index in [-0.39, 0.29) is 6.03 Å². The molecule has 1 aliphatic heterocycles. The predicted octanol–water partition coefficient (Wildman–Crippen LogP) is 3.19. The number of nitrogens with one attached hydrogen (secondary N) is 1. The number of fused-ring (bicyclic) bond motifs is 2. The summed E-state index contributed by atoms with van der Waals surface area (Å²) in [5, 5.41) is 3.05. The fraction of sp³-hybridized carbons (Fsp3) is 0.300. The minimum Gasteiger partial charge on any atom is -0.338 e. The number of aryl methyl sites for hydroxylation is 1. The Morgan fingerprint density at radius 1 is 1.08 bits per heavy atom. The van der Waals surface area contributed by atoms with E-state index < -0.39 is 0 Å². The largest absolute Gasteiger partial charge is 0.338 e. The van der Waals surface area contributed by atoms with E-state index >= 15 is 0 Å². The minimum absolute atomic E-state index is 0.0324. The average Bonchev–Trinajstić information content (AvgIpc) is 3.08. The SMILES string of the molecule is O=C(NCCCn1cnc2ccccc21)N1CCc2ccccc2C1. The number of rotatable bonds is 4. The molecule has 0 saturated heterocycles. The second-order valence-corrected chi connectivity index (χ2v) is 6.45. The van der Waals surface area contributed by atoms with Gasteiger partial charge in [0.05, 0.1) is 17.4 Å². The third-order valence-electron chi connectivity index (χ3n) is 4.80. The smallest absolute Gasteiger partial charge is 0.317 e. The average molecular weight is 334 g/mol. The molecule has 0 unspecified atom stereocenters. The Bertz CT molecular complexity index is 886. The molecule has 4 rings (SSSR count). The number of urea groups is 1. The van der Waals surface area contributed by atoms with Crippen LogP contribution in [-0.2, 0) is 19.5 Å². The van der Waals surface area contributed by atoms with Crippen molar-refractivity contribution in [2.75, 3.05) is 13.1 Å². The molecule has 0 aliphatic carbocycles. The van der Waals surface area contributed by atoms with Gasteiger partial charge in [-0.1, -0.05) is 36.4 Å². The van der Waals surface area contributed by atoms with Crippen molar-refractivity contribution in [2.24, 2.45) is 0 Å². The Morgan fingerprint density at radius 2 is 1.88 bits per heavy atom. The molecular formula is C20H22N4O. The van der Waals surface area contributed by atoms with Crippen LogP contribution >= 0.6 is 0 Å². The van der Waals surface area contributed by atoms with E-state index in [0.717, 1.165) is 37.0 Å². The lowest BCUT2D eigenvalue weighted by Crippen LogP contribution is -2.43. The molecule has 5 heteroatoms. The van der Waals surface area contributed by atoms with E-state index in [0.29, 0.717) is 13.1 Å². The number of carbonyl (C=O) groups is 1. The zero-order chi connectivity index (χ0) is 17.1. The molecule has 0 radical (unpaired) electrons. The van der Waals surface area contributed by atoms with Crippen LogP contribution in [0.1, 0.15) is 17.5 Å². The van der Waals surface area contributed by atoms with Gasteiger partial charge < -0.3 is 14.8 Å². The summed E-state index contributed by atoms with van der Waals surface area (Å²) in [6, 6.07) is 16.5. The lowest BCUT2D eigenvalue weighted by molar-refractivity contribution is 0.192. The summed E-state index contributed by atoms with van der Waals surface area (Å²) < 4.78 is 2.14. The molecule has 3 aromatic rings. The van der Waals surface area contributed by atoms with Gasteiger partial charge in [-0.05, 0) is 36.1 Å². The standard InChI is InChI=1S/C20H22N4O/c25-20(23-13-10-16-6-1-2-7-17(16)14-23)21-11-5-12-24-15-22-18-8-3-4-9-19(18)24/h1-4,6-9,15H,5,10-14H2,(H,21,25). The van der Waals surface area contributed by atoms with Crippen LogP contribution in [0.5, 0.6) is 0 Å². The minimum atomic E-state index is 0.0324. The van der Waals surface area contributed by atoms with Crippen LogP contribution in [0.25, 0.3) is 11.0 Å². The molecule has 0 atom stereocenters. The first kappa shape index (κ1) is 15.7. The molecule has 25 heavy (non-hydrogen) atoms. The lowest BCUT2D eigenvalue weighted by Gasteiger charge is -2.29. The maximum Gasteiger partial charge on any atom is 0.317 e. The molecule has 5 nitrogen and oxygen atoms in total. The first-order valence-corrected chi connectivity index (χ1v) is 8.81. The van der Waals surface area contributed by atoms with Crippen molar-refractivity contribution in [1.82, 2.24) is 19.8 Å². The van der Waals surface area contributed by atoms with E-state index in [2.05, 4.69) is 39.1 Å². The highest BCUT2D eigenvalue weighted by Gasteiger charge is 2.19. The summed E-state index contributed by atoms with van der Waals surface area (Å²) >= 11 is 0. The molecule has 0 fully saturated rings. The van der Waals surface area contributed by atoms with Crippen LogP contribution in [0.3, 0.4) is 0 Å². The summed E-state index contributed by atoms with van der Waals surface area (Å²) in [4.78, 5) is 18.7. The Balaban J connectivity index is 1.27. The zero-order valence-corrected chi connectivity index (χ0v) is 14.2. The summed E-state index contributed by atoms with van der Waals surface area (Å²) in [6.45, 7) is 3.01. The molecule has 2 aromatic carbocycles. The van der Waals surface area contributed by atoms with Crippen LogP contribution in [0, 0.1) is 0 Å². The van der Waals surface area contributed by atoms with E-state index in [1.165, 1.54) is 11.1 Å². The Kier molecular flexibility index (Phi) is 4.37. The lowest BCUT2D eigenvalue weighted by atomic mass is 10.0. The molecular weight excluding hydrogens is 312 g/mol. The number of hydrogen-bond donors (Lipinski definition) is 1. The molecule has 0 saturated carbocycles. The number of carbonyl (C=O) groups excluding carboxylic acids is 1. The third kappa shape index (κ3) is 3.36. The number of hydrogen-bond acceptors (Lipinski definition) is 2. The van der Waals surface area contributed by atoms with Gasteiger partial charge in [-0.2, -0.15) is 0 Å². The van der Waals surface area contributed by atoms with Gasteiger partial charge in [0.25, 0.3) is 0 Å². The van der Waals surface area contributed by atoms with Crippen molar-refractivity contribution < 1.29 is 4.79 Å². The highest BCUT2D eigenvalue weighted by atomic mass is 16.2. The second-order valence-electron chi connectivity index (χ2n) is 6.45. The highest BCUT2D eigenvalue weighted by molar-refractivity contribution is 5.75. The molecule has 0 bridgehead atoms. The Labute approximate surface area is 147 Å². The third-order valence-corrected chi connectivity index (χ3v) is 4.80. The van der Waals surface area contributed by atoms with Crippen molar-refractivity contribution >= 4 is 17.1 Å². The van der Waals surface area contributed by atoms with Gasteiger partial charge in [0.1, 0.15) is 0 Å². The molecule has 1 aromatic heterocycles. The highest BCUT2D eigenvalue weighted by Crippen LogP contribution is 2.18. The molecule has 0 spiro atoms. The maximum atomic E-state index is 12.4. The summed E-state index contributed by atoms with van der Waals surface area (Å²) in [5.74, 6) is 0. The monoisotopic (exact) mass is 334 g/mol. The van der Waals surface area contributed by atoms with Crippen molar-refractivity contribution in [3.05, 3.63) is 66.0 Å². The van der Waals surface area contributed by atoms with Gasteiger partial charge in [-0.15, -0.1) is 0 Å². The fourth-order valence-corrected chi connectivity index (χ4v) is 3.41. The second kappa shape index (κ2) is 6.97. The topological polar surface area (TPSA) is 50.2 Å². The molecule has 1 N–H and O–H groups in total. The van der Waals surface area contributed by atoms with Crippen molar-refractivity contribution in [1.29, 1.82) is 0 Å². The van der Waals surface area contributed by atoms with Crippen molar-refractivity contribution in [2.45, 2.75) is 25.9 Å². The van der Waals surface area contributed by atoms with Crippen molar-refractivity contribution in [3.8, 4) is 0 Å². The van der Waals surface area contributed by atoms with Crippen LogP contribution in [0.15, 0.2) is 54.9 Å². The first-order chi connectivity index (χ1) is 12.3. The molecule has 1 aliphatic rings. The van der Waals surface area contributed by atoms with E-state index in [9.17, 15) is 4.79 Å². The van der Waals surface area contributed by atoms with Gasteiger partial charge in [0, 0.05) is 26.2 Å². The summed E-state index contributed by atoms with van der Waals surface area (Å²) in [5.41, 5.74) is 4.77. The summed E-state index contributed by atoms with van der Waals surface area (Å²) in [7, 11) is 0. The van der Waals surface area contributed by atoms with Gasteiger partial charge in [-0.3, -0.25) is 0 Å². The number of aromatic nitrogens is 2. The molecule has 128 valence electrons. The van der Waals surface area contributed by atoms with E-state index in [1.807, 2.05) is 35.5 Å². The number of nitrogens with zero attached hydrogens (tertiary/aromatic N) is 3. The van der Waals surface area contributed by atoms with Crippen LogP contribution in [0.2, 0.25) is 0 Å². The Hall–Kier alpha value is -2.82. The molecule has 2 heterocycles. The maximum absolute atomic E-state index is 12.4. The number of imidazole rings is 1. The van der Waals surface area contributed by atoms with Gasteiger partial charge in [0.2, 0.25) is 0 Å². The zero-order valence-electron chi connectivity index (χ0n) is 14.2.